The van der Waals surface area contributed by atoms with Gasteiger partial charge in [0, 0.05) is 43.1 Å². The summed E-state index contributed by atoms with van der Waals surface area (Å²) in [6.07, 6.45) is 0. The van der Waals surface area contributed by atoms with Crippen LogP contribution in [0.4, 0.5) is 0 Å². The Hall–Kier alpha value is -5.99. The van der Waals surface area contributed by atoms with Gasteiger partial charge >= 0.3 is 0 Å². The quantitative estimate of drug-likeness (QED) is 0.212. The molecular formula is C37H19N5. The fourth-order valence-corrected chi connectivity index (χ4v) is 7.23. The largest absolute Gasteiger partial charge is 0.307 e. The van der Waals surface area contributed by atoms with Crippen LogP contribution in [-0.2, 0) is 0 Å². The summed E-state index contributed by atoms with van der Waals surface area (Å²) in [6.45, 7) is 0. The minimum atomic E-state index is 0.376. The van der Waals surface area contributed by atoms with Crippen LogP contribution < -0.4 is 0 Å². The lowest BCUT2D eigenvalue weighted by molar-refractivity contribution is 1.00. The molecule has 4 heterocycles. The number of benzene rings is 6. The number of aromatic nitrogens is 4. The van der Waals surface area contributed by atoms with Crippen molar-refractivity contribution in [2.75, 3.05) is 0 Å². The summed E-state index contributed by atoms with van der Waals surface area (Å²) in [6, 6.07) is 42.6. The normalized spacial score (nSPS) is 12.3. The van der Waals surface area contributed by atoms with E-state index >= 15 is 0 Å². The van der Waals surface area contributed by atoms with Crippen LogP contribution in [0.3, 0.4) is 0 Å². The second kappa shape index (κ2) is 7.60. The molecule has 5 nitrogen and oxygen atoms in total. The zero-order valence-corrected chi connectivity index (χ0v) is 22.2. The third-order valence-electron chi connectivity index (χ3n) is 8.88. The Morgan fingerprint density at radius 3 is 2.10 bits per heavy atom. The highest BCUT2D eigenvalue weighted by atomic mass is 15.2. The fourth-order valence-electron chi connectivity index (χ4n) is 7.23. The summed E-state index contributed by atoms with van der Waals surface area (Å²) < 4.78 is 4.60. The molecule has 0 aliphatic rings. The first-order valence-electron chi connectivity index (χ1n) is 14.0. The molecule has 0 spiro atoms. The van der Waals surface area contributed by atoms with Crippen molar-refractivity contribution >= 4 is 81.6 Å². The second-order valence-electron chi connectivity index (χ2n) is 10.9. The van der Waals surface area contributed by atoms with Crippen molar-refractivity contribution in [3.05, 3.63) is 121 Å². The summed E-state index contributed by atoms with van der Waals surface area (Å²) in [5.41, 5.74) is 6.83. The van der Waals surface area contributed by atoms with E-state index in [0.717, 1.165) is 27.3 Å². The second-order valence-corrected chi connectivity index (χ2v) is 10.9. The van der Waals surface area contributed by atoms with Crippen molar-refractivity contribution in [2.24, 2.45) is 0 Å². The van der Waals surface area contributed by atoms with Gasteiger partial charge in [-0.1, -0.05) is 84.9 Å². The van der Waals surface area contributed by atoms with Crippen LogP contribution in [-0.4, -0.2) is 18.9 Å². The highest BCUT2D eigenvalue weighted by molar-refractivity contribution is 6.37. The molecule has 0 unspecified atom stereocenters. The Bertz CT molecular complexity index is 2810. The summed E-state index contributed by atoms with van der Waals surface area (Å²) in [4.78, 5) is 9.84. The monoisotopic (exact) mass is 533 g/mol. The summed E-state index contributed by atoms with van der Waals surface area (Å²) in [7, 11) is 0. The average Bonchev–Trinajstić information content (AvgIpc) is 3.68. The summed E-state index contributed by atoms with van der Waals surface area (Å²) in [5, 5.41) is 20.4. The number of hydrogen-bond donors (Lipinski definition) is 0. The van der Waals surface area contributed by atoms with E-state index < -0.39 is 0 Å². The third kappa shape index (κ3) is 2.53. The van der Waals surface area contributed by atoms with Crippen LogP contribution in [0.5, 0.6) is 0 Å². The van der Waals surface area contributed by atoms with Crippen LogP contribution in [0.25, 0.3) is 87.5 Å². The molecule has 0 fully saturated rings. The van der Waals surface area contributed by atoms with Crippen LogP contribution >= 0.6 is 0 Å². The van der Waals surface area contributed by atoms with Gasteiger partial charge in [-0.3, -0.25) is 4.57 Å². The Labute approximate surface area is 238 Å². The van der Waals surface area contributed by atoms with E-state index in [1.165, 1.54) is 54.3 Å². The topological polar surface area (TPSA) is 58.9 Å². The lowest BCUT2D eigenvalue weighted by Crippen LogP contribution is -2.03. The standard InChI is InChI=1S/C37H19N5/c38-20-29-24-12-3-6-14-28(24)39-37(40-29)41-31-16-8-5-13-25(31)33-32(41)19-27-23-11-4-7-15-30(23)42-35-22-10-2-1-9-21(22)17-18-26(35)34(33)36(27)42/h1-19H. The molecule has 6 aromatic carbocycles. The van der Waals surface area contributed by atoms with Gasteiger partial charge in [-0.25, -0.2) is 9.97 Å². The number of fused-ring (bicyclic) bond motifs is 13. The maximum atomic E-state index is 10.0. The van der Waals surface area contributed by atoms with Gasteiger partial charge in [-0.05, 0) is 35.7 Å². The first-order valence-corrected chi connectivity index (χ1v) is 14.0. The molecule has 4 aromatic heterocycles. The molecular weight excluding hydrogens is 514 g/mol. The molecule has 0 N–H and O–H groups in total. The molecule has 42 heavy (non-hydrogen) atoms. The van der Waals surface area contributed by atoms with Gasteiger partial charge in [-0.2, -0.15) is 5.26 Å². The summed E-state index contributed by atoms with van der Waals surface area (Å²) in [5.74, 6) is 0.503. The van der Waals surface area contributed by atoms with E-state index in [2.05, 4.69) is 106 Å². The predicted molar refractivity (Wildman–Crippen MR) is 171 cm³/mol. The Morgan fingerprint density at radius 2 is 1.24 bits per heavy atom. The highest BCUT2D eigenvalue weighted by Gasteiger charge is 2.25. The van der Waals surface area contributed by atoms with Gasteiger partial charge in [-0.15, -0.1) is 0 Å². The Balaban J connectivity index is 1.51. The fraction of sp³-hybridized carbons (Fsp3) is 0. The lowest BCUT2D eigenvalue weighted by atomic mass is 10.0. The van der Waals surface area contributed by atoms with Gasteiger partial charge in [0.15, 0.2) is 5.69 Å². The SMILES string of the molecule is N#Cc1nc(-n2c3ccccc3c3c4c5ccc6ccccc6c5n5c6ccccc6c(cc32)c45)nc2ccccc12. The number of rotatable bonds is 1. The molecule has 0 atom stereocenters. The molecule has 10 rings (SSSR count). The molecule has 0 saturated heterocycles. The van der Waals surface area contributed by atoms with E-state index in [0.29, 0.717) is 11.6 Å². The number of nitrogens with zero attached hydrogens (tertiary/aromatic N) is 5. The summed E-state index contributed by atoms with van der Waals surface area (Å²) >= 11 is 0. The zero-order valence-electron chi connectivity index (χ0n) is 22.2. The molecule has 0 radical (unpaired) electrons. The Kier molecular flexibility index (Phi) is 3.94. The molecule has 10 aromatic rings. The molecule has 0 aliphatic heterocycles. The molecule has 0 bridgehead atoms. The van der Waals surface area contributed by atoms with Crippen molar-refractivity contribution in [2.45, 2.75) is 0 Å². The number of nitriles is 1. The first-order chi connectivity index (χ1) is 20.8. The van der Waals surface area contributed by atoms with Crippen molar-refractivity contribution in [3.8, 4) is 12.0 Å². The Morgan fingerprint density at radius 1 is 0.524 bits per heavy atom. The van der Waals surface area contributed by atoms with Gasteiger partial charge in [0.25, 0.3) is 0 Å². The van der Waals surface area contributed by atoms with Gasteiger partial charge in [0.2, 0.25) is 5.95 Å². The van der Waals surface area contributed by atoms with Crippen LogP contribution in [0, 0.1) is 11.3 Å². The molecule has 5 heteroatoms. The molecule has 0 aliphatic carbocycles. The van der Waals surface area contributed by atoms with E-state index in [4.69, 9.17) is 9.97 Å². The highest BCUT2D eigenvalue weighted by Crippen LogP contribution is 2.47. The maximum absolute atomic E-state index is 10.0. The molecule has 0 amide bonds. The zero-order chi connectivity index (χ0) is 27.5. The number of para-hydroxylation sites is 3. The molecule has 192 valence electrons. The van der Waals surface area contributed by atoms with Gasteiger partial charge in [0.1, 0.15) is 6.07 Å². The van der Waals surface area contributed by atoms with E-state index in [-0.39, 0.29) is 0 Å². The van der Waals surface area contributed by atoms with Crippen molar-refractivity contribution in [1.29, 1.82) is 5.26 Å². The molecule has 0 saturated carbocycles. The maximum Gasteiger partial charge on any atom is 0.236 e. The van der Waals surface area contributed by atoms with Gasteiger partial charge < -0.3 is 4.40 Å². The van der Waals surface area contributed by atoms with Crippen molar-refractivity contribution in [3.63, 3.8) is 0 Å². The van der Waals surface area contributed by atoms with E-state index in [1.807, 2.05) is 24.3 Å². The lowest BCUT2D eigenvalue weighted by Gasteiger charge is -2.08. The van der Waals surface area contributed by atoms with Crippen molar-refractivity contribution in [1.82, 2.24) is 18.9 Å². The van der Waals surface area contributed by atoms with E-state index in [9.17, 15) is 5.26 Å². The number of hydrogen-bond acceptors (Lipinski definition) is 3. The van der Waals surface area contributed by atoms with Crippen LogP contribution in [0.2, 0.25) is 0 Å². The van der Waals surface area contributed by atoms with Crippen molar-refractivity contribution < 1.29 is 0 Å². The van der Waals surface area contributed by atoms with E-state index in [1.54, 1.807) is 0 Å². The van der Waals surface area contributed by atoms with Crippen LogP contribution in [0.15, 0.2) is 115 Å². The van der Waals surface area contributed by atoms with Gasteiger partial charge in [0.05, 0.1) is 33.1 Å². The van der Waals surface area contributed by atoms with Crippen LogP contribution in [0.1, 0.15) is 5.69 Å². The third-order valence-corrected chi connectivity index (χ3v) is 8.88. The average molecular weight is 534 g/mol. The smallest absolute Gasteiger partial charge is 0.236 e. The predicted octanol–water partition coefficient (Wildman–Crippen LogP) is 8.90. The minimum absolute atomic E-state index is 0.376. The first kappa shape index (κ1) is 21.8. The minimum Gasteiger partial charge on any atom is -0.307 e.